The first-order valence-corrected chi connectivity index (χ1v) is 5.66. The molecule has 1 rings (SSSR count). The summed E-state index contributed by atoms with van der Waals surface area (Å²) in [5.41, 5.74) is 0.955. The van der Waals surface area contributed by atoms with Gasteiger partial charge in [0.2, 0.25) is 0 Å². The summed E-state index contributed by atoms with van der Waals surface area (Å²) in [6.45, 7) is 4.29. The number of aryl methyl sites for hydroxylation is 1. The van der Waals surface area contributed by atoms with Gasteiger partial charge in [-0.3, -0.25) is 10.1 Å². The van der Waals surface area contributed by atoms with Crippen LogP contribution in [0.15, 0.2) is 18.2 Å². The predicted molar refractivity (Wildman–Crippen MR) is 66.3 cm³/mol. The quantitative estimate of drug-likeness (QED) is 0.490. The van der Waals surface area contributed by atoms with E-state index in [1.807, 2.05) is 13.8 Å². The number of nitrogens with zero attached hydrogens (tertiary/aromatic N) is 1. The summed E-state index contributed by atoms with van der Waals surface area (Å²) in [4.78, 5) is 10.3. The van der Waals surface area contributed by atoms with Crippen molar-refractivity contribution in [2.24, 2.45) is 5.92 Å². The maximum atomic E-state index is 10.8. The lowest BCUT2D eigenvalue weighted by Crippen LogP contribution is -2.10. The average Bonchev–Trinajstić information content (AvgIpc) is 2.25. The van der Waals surface area contributed by atoms with Gasteiger partial charge in [-0.2, -0.15) is 12.6 Å². The van der Waals surface area contributed by atoms with Crippen LogP contribution in [0.2, 0.25) is 0 Å². The zero-order valence-electron chi connectivity index (χ0n) is 9.34. The van der Waals surface area contributed by atoms with Crippen molar-refractivity contribution in [3.05, 3.63) is 33.9 Å². The number of ether oxygens (including phenoxy) is 1. The number of rotatable bonds is 5. The molecule has 0 heterocycles. The molecule has 0 spiro atoms. The summed E-state index contributed by atoms with van der Waals surface area (Å²) in [7, 11) is 0. The first-order chi connectivity index (χ1) is 7.54. The smallest absolute Gasteiger partial charge is 0.310 e. The fourth-order valence-corrected chi connectivity index (χ4v) is 1.28. The molecule has 0 N–H and O–H groups in total. The summed E-state index contributed by atoms with van der Waals surface area (Å²) in [6.07, 6.45) is 0. The molecule has 0 amide bonds. The second kappa shape index (κ2) is 5.75. The van der Waals surface area contributed by atoms with E-state index in [-0.39, 0.29) is 11.6 Å². The summed E-state index contributed by atoms with van der Waals surface area (Å²) in [5, 5.41) is 10.8. The fourth-order valence-electron chi connectivity index (χ4n) is 1.17. The number of hydrogen-bond donors (Lipinski definition) is 1. The Morgan fingerprint density at radius 2 is 2.25 bits per heavy atom. The minimum Gasteiger partial charge on any atom is -0.486 e. The molecule has 0 saturated heterocycles. The molecule has 0 saturated carbocycles. The van der Waals surface area contributed by atoms with Crippen LogP contribution in [-0.4, -0.2) is 17.3 Å². The van der Waals surface area contributed by atoms with Crippen LogP contribution in [-0.2, 0) is 0 Å². The van der Waals surface area contributed by atoms with Crippen LogP contribution in [0.25, 0.3) is 0 Å². The predicted octanol–water partition coefficient (Wildman–Crippen LogP) is 2.85. The molecule has 0 fully saturated rings. The summed E-state index contributed by atoms with van der Waals surface area (Å²) < 4.78 is 5.44. The summed E-state index contributed by atoms with van der Waals surface area (Å²) in [5.74, 6) is 1.29. The summed E-state index contributed by atoms with van der Waals surface area (Å²) >= 11 is 4.13. The number of benzene rings is 1. The van der Waals surface area contributed by atoms with E-state index in [1.165, 1.54) is 6.07 Å². The second-order valence-electron chi connectivity index (χ2n) is 3.83. The SMILES string of the molecule is Cc1ccc([N+](=O)[O-])c(OCC(C)CS)c1. The highest BCUT2D eigenvalue weighted by Crippen LogP contribution is 2.28. The maximum absolute atomic E-state index is 10.8. The molecule has 1 aromatic rings. The molecule has 0 radical (unpaired) electrons. The maximum Gasteiger partial charge on any atom is 0.310 e. The van der Waals surface area contributed by atoms with Crippen molar-refractivity contribution in [1.29, 1.82) is 0 Å². The first kappa shape index (κ1) is 12.8. The van der Waals surface area contributed by atoms with Crippen molar-refractivity contribution >= 4 is 18.3 Å². The average molecular weight is 241 g/mol. The Morgan fingerprint density at radius 1 is 1.56 bits per heavy atom. The van der Waals surface area contributed by atoms with Gasteiger partial charge in [-0.05, 0) is 30.2 Å². The van der Waals surface area contributed by atoms with E-state index in [1.54, 1.807) is 12.1 Å². The van der Waals surface area contributed by atoms with Crippen molar-refractivity contribution in [1.82, 2.24) is 0 Å². The summed E-state index contributed by atoms with van der Waals surface area (Å²) in [6, 6.07) is 4.85. The van der Waals surface area contributed by atoms with Gasteiger partial charge in [0, 0.05) is 6.07 Å². The molecule has 16 heavy (non-hydrogen) atoms. The molecule has 0 aliphatic heterocycles. The van der Waals surface area contributed by atoms with Crippen molar-refractivity contribution in [3.63, 3.8) is 0 Å². The van der Waals surface area contributed by atoms with Crippen LogP contribution in [0, 0.1) is 23.0 Å². The molecular weight excluding hydrogens is 226 g/mol. The van der Waals surface area contributed by atoms with E-state index in [9.17, 15) is 10.1 Å². The highest BCUT2D eigenvalue weighted by Gasteiger charge is 2.15. The van der Waals surface area contributed by atoms with Gasteiger partial charge in [-0.25, -0.2) is 0 Å². The molecule has 4 nitrogen and oxygen atoms in total. The van der Waals surface area contributed by atoms with Crippen LogP contribution >= 0.6 is 12.6 Å². The monoisotopic (exact) mass is 241 g/mol. The Labute approximate surface area is 100 Å². The van der Waals surface area contributed by atoms with Crippen LogP contribution in [0.4, 0.5) is 5.69 Å². The molecule has 1 aromatic carbocycles. The minimum atomic E-state index is -0.430. The Hall–Kier alpha value is -1.23. The topological polar surface area (TPSA) is 52.4 Å². The highest BCUT2D eigenvalue weighted by molar-refractivity contribution is 7.80. The standard InChI is InChI=1S/C11H15NO3S/c1-8-3-4-10(12(13)14)11(5-8)15-6-9(2)7-16/h3-5,9,16H,6-7H2,1-2H3. The van der Waals surface area contributed by atoms with Crippen LogP contribution in [0.1, 0.15) is 12.5 Å². The van der Waals surface area contributed by atoms with E-state index in [0.29, 0.717) is 18.1 Å². The molecule has 0 aliphatic carbocycles. The van der Waals surface area contributed by atoms with E-state index < -0.39 is 4.92 Å². The first-order valence-electron chi connectivity index (χ1n) is 5.03. The van der Waals surface area contributed by atoms with Crippen molar-refractivity contribution in [2.45, 2.75) is 13.8 Å². The van der Waals surface area contributed by atoms with Gasteiger partial charge in [0.1, 0.15) is 0 Å². The van der Waals surface area contributed by atoms with Gasteiger partial charge in [-0.15, -0.1) is 0 Å². The Morgan fingerprint density at radius 3 is 2.81 bits per heavy atom. The number of nitro benzene ring substituents is 1. The molecular formula is C11H15NO3S. The van der Waals surface area contributed by atoms with E-state index >= 15 is 0 Å². The van der Waals surface area contributed by atoms with Crippen LogP contribution < -0.4 is 4.74 Å². The number of nitro groups is 1. The third kappa shape index (κ3) is 3.41. The zero-order valence-corrected chi connectivity index (χ0v) is 10.2. The molecule has 0 bridgehead atoms. The zero-order chi connectivity index (χ0) is 12.1. The van der Waals surface area contributed by atoms with Crippen molar-refractivity contribution in [3.8, 4) is 5.75 Å². The van der Waals surface area contributed by atoms with E-state index in [0.717, 1.165) is 5.56 Å². The van der Waals surface area contributed by atoms with Crippen LogP contribution in [0.5, 0.6) is 5.75 Å². The molecule has 0 aliphatic rings. The molecule has 88 valence electrons. The van der Waals surface area contributed by atoms with Crippen molar-refractivity contribution in [2.75, 3.05) is 12.4 Å². The van der Waals surface area contributed by atoms with Crippen LogP contribution in [0.3, 0.4) is 0 Å². The van der Waals surface area contributed by atoms with E-state index in [2.05, 4.69) is 12.6 Å². The van der Waals surface area contributed by atoms with E-state index in [4.69, 9.17) is 4.74 Å². The van der Waals surface area contributed by atoms with Gasteiger partial charge < -0.3 is 4.74 Å². The van der Waals surface area contributed by atoms with Gasteiger partial charge in [0.25, 0.3) is 0 Å². The fraction of sp³-hybridized carbons (Fsp3) is 0.455. The Kier molecular flexibility index (Phi) is 4.61. The minimum absolute atomic E-state index is 0.0111. The Balaban J connectivity index is 2.84. The normalized spacial score (nSPS) is 12.2. The van der Waals surface area contributed by atoms with Crippen molar-refractivity contribution < 1.29 is 9.66 Å². The molecule has 1 atom stereocenters. The van der Waals surface area contributed by atoms with Gasteiger partial charge in [0.05, 0.1) is 11.5 Å². The third-order valence-electron chi connectivity index (χ3n) is 2.15. The molecule has 0 aromatic heterocycles. The van der Waals surface area contributed by atoms with Gasteiger partial charge in [0.15, 0.2) is 5.75 Å². The largest absolute Gasteiger partial charge is 0.486 e. The lowest BCUT2D eigenvalue weighted by Gasteiger charge is -2.11. The molecule has 5 heteroatoms. The Bertz CT molecular complexity index is 381. The lowest BCUT2D eigenvalue weighted by atomic mass is 10.2. The number of hydrogen-bond acceptors (Lipinski definition) is 4. The second-order valence-corrected chi connectivity index (χ2v) is 4.19. The number of thiol groups is 1. The lowest BCUT2D eigenvalue weighted by molar-refractivity contribution is -0.385. The van der Waals surface area contributed by atoms with Gasteiger partial charge >= 0.3 is 5.69 Å². The highest BCUT2D eigenvalue weighted by atomic mass is 32.1. The third-order valence-corrected chi connectivity index (χ3v) is 2.77. The molecule has 1 unspecified atom stereocenters. The van der Waals surface area contributed by atoms with Gasteiger partial charge in [-0.1, -0.05) is 13.0 Å².